The van der Waals surface area contributed by atoms with Gasteiger partial charge in [-0.05, 0) is 84.6 Å². The number of allylic oxidation sites excluding steroid dienone is 1. The molecule has 0 aliphatic carbocycles. The minimum atomic E-state index is 0.129. The van der Waals surface area contributed by atoms with Crippen molar-refractivity contribution in [3.8, 4) is 33.9 Å². The first kappa shape index (κ1) is 32.2. The van der Waals surface area contributed by atoms with Crippen molar-refractivity contribution in [2.24, 2.45) is 0 Å². The fraction of sp³-hybridized carbons (Fsp3) is 0.0943. The van der Waals surface area contributed by atoms with Crippen LogP contribution < -0.4 is 9.13 Å². The van der Waals surface area contributed by atoms with Crippen molar-refractivity contribution < 1.29 is 9.13 Å². The molecule has 57 heavy (non-hydrogen) atoms. The van der Waals surface area contributed by atoms with E-state index in [0.717, 1.165) is 24.2 Å². The highest BCUT2D eigenvalue weighted by Crippen LogP contribution is 2.45. The van der Waals surface area contributed by atoms with Crippen LogP contribution in [0.3, 0.4) is 0 Å². The molecular weight excluding hydrogens is 693 g/mol. The van der Waals surface area contributed by atoms with E-state index in [1.165, 1.54) is 82.8 Å². The number of aryl methyl sites for hydroxylation is 1. The highest BCUT2D eigenvalue weighted by Gasteiger charge is 2.43. The molecule has 4 aromatic heterocycles. The first-order valence-corrected chi connectivity index (χ1v) is 20.1. The van der Waals surface area contributed by atoms with Crippen LogP contribution in [0.2, 0.25) is 0 Å². The van der Waals surface area contributed by atoms with Gasteiger partial charge in [0, 0.05) is 62.2 Å². The summed E-state index contributed by atoms with van der Waals surface area (Å²) in [6.45, 7) is 5.65. The van der Waals surface area contributed by atoms with E-state index in [2.05, 4.69) is 201 Å². The molecule has 0 fully saturated rings. The molecule has 6 heterocycles. The molecule has 270 valence electrons. The van der Waals surface area contributed by atoms with Gasteiger partial charge in [0.15, 0.2) is 25.0 Å². The third-order valence-electron chi connectivity index (χ3n) is 12.8. The predicted molar refractivity (Wildman–Crippen MR) is 232 cm³/mol. The Labute approximate surface area is 331 Å². The zero-order valence-corrected chi connectivity index (χ0v) is 31.6. The number of nitrogens with zero attached hydrogens (tertiary/aromatic N) is 4. The van der Waals surface area contributed by atoms with Crippen molar-refractivity contribution >= 4 is 43.6 Å². The van der Waals surface area contributed by atoms with Crippen LogP contribution in [0.15, 0.2) is 194 Å². The summed E-state index contributed by atoms with van der Waals surface area (Å²) < 4.78 is 9.89. The first-order valence-electron chi connectivity index (χ1n) is 20.1. The average Bonchev–Trinajstić information content (AvgIpc) is 3.76. The van der Waals surface area contributed by atoms with E-state index in [1.807, 2.05) is 0 Å². The molecule has 0 spiro atoms. The molecule has 0 saturated carbocycles. The van der Waals surface area contributed by atoms with Gasteiger partial charge in [-0.2, -0.15) is 9.13 Å². The second-order valence-electron chi connectivity index (χ2n) is 15.8. The Kier molecular flexibility index (Phi) is 7.06. The van der Waals surface area contributed by atoms with Crippen LogP contribution in [0.4, 0.5) is 0 Å². The van der Waals surface area contributed by atoms with Crippen LogP contribution >= 0.6 is 0 Å². The summed E-state index contributed by atoms with van der Waals surface area (Å²) in [7, 11) is 0. The van der Waals surface area contributed by atoms with E-state index in [1.54, 1.807) is 0 Å². The largest absolute Gasteiger partial charge is 0.309 e. The van der Waals surface area contributed by atoms with Gasteiger partial charge in [0.25, 0.3) is 0 Å². The molecule has 0 saturated heterocycles. The summed E-state index contributed by atoms with van der Waals surface area (Å²) in [5, 5.41) is 5.02. The summed E-state index contributed by atoms with van der Waals surface area (Å²) >= 11 is 0. The Morgan fingerprint density at radius 3 is 1.95 bits per heavy atom. The van der Waals surface area contributed by atoms with Crippen molar-refractivity contribution in [2.75, 3.05) is 0 Å². The lowest BCUT2D eigenvalue weighted by Crippen LogP contribution is -2.51. The number of fused-ring (bicyclic) bond motifs is 15. The number of pyridine rings is 2. The van der Waals surface area contributed by atoms with E-state index >= 15 is 0 Å². The minimum absolute atomic E-state index is 0.129. The fourth-order valence-corrected chi connectivity index (χ4v) is 10.3. The van der Waals surface area contributed by atoms with E-state index in [4.69, 9.17) is 6.58 Å². The van der Waals surface area contributed by atoms with Crippen molar-refractivity contribution in [3.63, 3.8) is 0 Å². The second-order valence-corrected chi connectivity index (χ2v) is 15.8. The third kappa shape index (κ3) is 4.80. The Morgan fingerprint density at radius 2 is 1.14 bits per heavy atom. The molecule has 0 radical (unpaired) electrons. The summed E-state index contributed by atoms with van der Waals surface area (Å²) in [6.07, 6.45) is 6.70. The number of rotatable bonds is 2. The quantitative estimate of drug-likeness (QED) is 0.124. The van der Waals surface area contributed by atoms with E-state index < -0.39 is 0 Å². The van der Waals surface area contributed by atoms with Gasteiger partial charge in [0.05, 0.1) is 28.0 Å². The summed E-state index contributed by atoms with van der Waals surface area (Å²) in [4.78, 5) is 0. The fourth-order valence-electron chi connectivity index (χ4n) is 10.3. The maximum atomic E-state index is 4.95. The van der Waals surface area contributed by atoms with Crippen molar-refractivity contribution in [1.82, 2.24) is 9.13 Å². The molecule has 6 aromatic carbocycles. The topological polar surface area (TPSA) is 17.6 Å². The van der Waals surface area contributed by atoms with Crippen LogP contribution in [-0.2, 0) is 13.0 Å². The van der Waals surface area contributed by atoms with Gasteiger partial charge in [0.1, 0.15) is 5.52 Å². The molecule has 4 nitrogen and oxygen atoms in total. The zero-order valence-electron chi connectivity index (χ0n) is 31.6. The average molecular weight is 733 g/mol. The van der Waals surface area contributed by atoms with E-state index in [-0.39, 0.29) is 6.04 Å². The standard InChI is InChI=1S/C53H40N4/c1-35-33-54-34-52-46(31-49(54)39-21-9-8-16-36(39)27-28-43-40-22-10-11-23-41(40)47-25-14-15-29-55(47)53(35)43)45-30-44-42-24-12-13-26-48(42)56(37-17-4-2-5-18-37)50(44)32-51(45)57(52)38-19-6-3-7-20-38/h2-26,29-32,34,43,53H,1,27-28,33H2/q+2. The van der Waals surface area contributed by atoms with E-state index in [0.29, 0.717) is 12.5 Å². The summed E-state index contributed by atoms with van der Waals surface area (Å²) in [5.41, 5.74) is 16.2. The predicted octanol–water partition coefficient (Wildman–Crippen LogP) is 11.6. The number of benzene rings is 6. The molecule has 2 aliphatic rings. The number of para-hydroxylation sites is 3. The van der Waals surface area contributed by atoms with Gasteiger partial charge >= 0.3 is 0 Å². The molecule has 12 rings (SSSR count). The van der Waals surface area contributed by atoms with Gasteiger partial charge in [-0.15, -0.1) is 0 Å². The zero-order chi connectivity index (χ0) is 37.6. The monoisotopic (exact) mass is 732 g/mol. The Hall–Kier alpha value is -7.04. The van der Waals surface area contributed by atoms with Crippen LogP contribution in [0.5, 0.6) is 0 Å². The smallest absolute Gasteiger partial charge is 0.213 e. The number of aromatic nitrogens is 4. The molecule has 4 heteroatoms. The van der Waals surface area contributed by atoms with Crippen molar-refractivity contribution in [1.29, 1.82) is 0 Å². The molecule has 2 aliphatic heterocycles. The first-order chi connectivity index (χ1) is 28.2. The van der Waals surface area contributed by atoms with Crippen LogP contribution in [0.25, 0.3) is 77.5 Å². The van der Waals surface area contributed by atoms with Gasteiger partial charge in [-0.3, -0.25) is 0 Å². The second kappa shape index (κ2) is 12.5. The van der Waals surface area contributed by atoms with Crippen molar-refractivity contribution in [2.45, 2.75) is 31.3 Å². The molecule has 0 N–H and O–H groups in total. The molecular formula is C53H40N4+2. The summed E-state index contributed by atoms with van der Waals surface area (Å²) in [5.74, 6) is 0.307. The molecule has 2 atom stereocenters. The number of hydrogen-bond acceptors (Lipinski definition) is 0. The van der Waals surface area contributed by atoms with Gasteiger partial charge < -0.3 is 9.13 Å². The maximum absolute atomic E-state index is 4.95. The lowest BCUT2D eigenvalue weighted by atomic mass is 9.76. The lowest BCUT2D eigenvalue weighted by Gasteiger charge is -2.32. The Bertz CT molecular complexity index is 3240. The van der Waals surface area contributed by atoms with Crippen molar-refractivity contribution in [3.05, 3.63) is 206 Å². The minimum Gasteiger partial charge on any atom is -0.309 e. The normalized spacial score (nSPS) is 16.2. The Morgan fingerprint density at radius 1 is 0.509 bits per heavy atom. The molecule has 2 unspecified atom stereocenters. The SMILES string of the molecule is C=C1C[n+]2cc3c(cc2-c2ccccc2CCC2c4ccccc4-c4cccc[n+]4C12)c1cc2c4ccccc4n(-c4ccccc4)c2cc1n3-c1ccccc1. The van der Waals surface area contributed by atoms with E-state index in [9.17, 15) is 0 Å². The molecule has 0 bridgehead atoms. The lowest BCUT2D eigenvalue weighted by molar-refractivity contribution is -0.722. The van der Waals surface area contributed by atoms with Crippen LogP contribution in [0.1, 0.15) is 29.5 Å². The van der Waals surface area contributed by atoms with Gasteiger partial charge in [0.2, 0.25) is 11.4 Å². The summed E-state index contributed by atoms with van der Waals surface area (Å²) in [6, 6.07) is 62.7. The molecule has 0 amide bonds. The van der Waals surface area contributed by atoms with Gasteiger partial charge in [-0.1, -0.05) is 97.6 Å². The highest BCUT2D eigenvalue weighted by molar-refractivity contribution is 6.19. The maximum Gasteiger partial charge on any atom is 0.213 e. The third-order valence-corrected chi connectivity index (χ3v) is 12.8. The van der Waals surface area contributed by atoms with Crippen LogP contribution in [0, 0.1) is 0 Å². The highest BCUT2D eigenvalue weighted by atomic mass is 15.1. The van der Waals surface area contributed by atoms with Crippen LogP contribution in [-0.4, -0.2) is 9.13 Å². The molecule has 10 aromatic rings. The number of hydrogen-bond donors (Lipinski definition) is 0. The van der Waals surface area contributed by atoms with Gasteiger partial charge in [-0.25, -0.2) is 0 Å². The Balaban J connectivity index is 1.15.